The van der Waals surface area contributed by atoms with Crippen LogP contribution in [-0.2, 0) is 0 Å². The van der Waals surface area contributed by atoms with Crippen molar-refractivity contribution in [2.45, 2.75) is 13.0 Å². The normalized spacial score (nSPS) is 13.0. The van der Waals surface area contributed by atoms with E-state index in [4.69, 9.17) is 0 Å². The van der Waals surface area contributed by atoms with Crippen molar-refractivity contribution in [3.63, 3.8) is 0 Å². The molecular weight excluding hydrogens is 160 g/mol. The summed E-state index contributed by atoms with van der Waals surface area (Å²) in [5.74, 6) is -1.01. The Bertz CT molecular complexity index is 253. The van der Waals surface area contributed by atoms with Crippen LogP contribution in [-0.4, -0.2) is 7.05 Å². The van der Waals surface area contributed by atoms with Crippen LogP contribution in [0.1, 0.15) is 18.5 Å². The second kappa shape index (κ2) is 3.63. The Labute approximate surface area is 70.4 Å². The fourth-order valence-electron chi connectivity index (χ4n) is 1.07. The molecule has 0 aliphatic heterocycles. The van der Waals surface area contributed by atoms with Crippen LogP contribution >= 0.6 is 0 Å². The highest BCUT2D eigenvalue weighted by molar-refractivity contribution is 5.22. The quantitative estimate of drug-likeness (QED) is 0.719. The predicted molar refractivity (Wildman–Crippen MR) is 43.8 cm³/mol. The Morgan fingerprint density at radius 3 is 2.17 bits per heavy atom. The Kier molecular flexibility index (Phi) is 2.76. The summed E-state index contributed by atoms with van der Waals surface area (Å²) in [6.07, 6.45) is 0. The van der Waals surface area contributed by atoms with Gasteiger partial charge in [-0.3, -0.25) is 0 Å². The second-order valence-electron chi connectivity index (χ2n) is 2.65. The van der Waals surface area contributed by atoms with Crippen molar-refractivity contribution in [1.82, 2.24) is 5.32 Å². The Morgan fingerprint density at radius 2 is 1.75 bits per heavy atom. The van der Waals surface area contributed by atoms with Gasteiger partial charge in [-0.25, -0.2) is 8.78 Å². The van der Waals surface area contributed by atoms with Crippen molar-refractivity contribution in [1.29, 1.82) is 0 Å². The van der Waals surface area contributed by atoms with Crippen molar-refractivity contribution in [2.75, 3.05) is 7.05 Å². The molecule has 0 aliphatic carbocycles. The van der Waals surface area contributed by atoms with Crippen LogP contribution in [0.25, 0.3) is 0 Å². The summed E-state index contributed by atoms with van der Waals surface area (Å²) >= 11 is 0. The highest BCUT2D eigenvalue weighted by atomic mass is 19.1. The lowest BCUT2D eigenvalue weighted by atomic mass is 10.1. The molecule has 0 aromatic heterocycles. The van der Waals surface area contributed by atoms with E-state index in [1.807, 2.05) is 0 Å². The molecule has 0 amide bonds. The molecular formula is C9H11F2N. The van der Waals surface area contributed by atoms with Crippen LogP contribution in [0.5, 0.6) is 0 Å². The van der Waals surface area contributed by atoms with Gasteiger partial charge < -0.3 is 5.32 Å². The molecule has 0 aliphatic rings. The average molecular weight is 171 g/mol. The second-order valence-corrected chi connectivity index (χ2v) is 2.65. The minimum atomic E-state index is -0.503. The zero-order valence-corrected chi connectivity index (χ0v) is 7.07. The third kappa shape index (κ3) is 1.61. The summed E-state index contributed by atoms with van der Waals surface area (Å²) in [5, 5.41) is 2.78. The molecule has 3 heteroatoms. The van der Waals surface area contributed by atoms with Crippen LogP contribution in [0, 0.1) is 11.6 Å². The van der Waals surface area contributed by atoms with Crippen molar-refractivity contribution >= 4 is 0 Å². The molecule has 1 aromatic rings. The minimum Gasteiger partial charge on any atom is -0.313 e. The molecule has 0 bridgehead atoms. The molecule has 0 spiro atoms. The summed E-state index contributed by atoms with van der Waals surface area (Å²) in [6, 6.07) is 3.57. The molecule has 0 fully saturated rings. The van der Waals surface area contributed by atoms with Gasteiger partial charge in [0.15, 0.2) is 0 Å². The van der Waals surface area contributed by atoms with E-state index in [9.17, 15) is 8.78 Å². The van der Waals surface area contributed by atoms with Gasteiger partial charge in [-0.2, -0.15) is 0 Å². The van der Waals surface area contributed by atoms with Crippen molar-refractivity contribution in [3.8, 4) is 0 Å². The fraction of sp³-hybridized carbons (Fsp3) is 0.333. The molecule has 0 heterocycles. The molecule has 1 nitrogen and oxygen atoms in total. The van der Waals surface area contributed by atoms with Gasteiger partial charge in [0.1, 0.15) is 11.6 Å². The van der Waals surface area contributed by atoms with Gasteiger partial charge in [-0.1, -0.05) is 6.07 Å². The largest absolute Gasteiger partial charge is 0.313 e. The number of hydrogen-bond acceptors (Lipinski definition) is 1. The summed E-state index contributed by atoms with van der Waals surface area (Å²) < 4.78 is 26.0. The molecule has 12 heavy (non-hydrogen) atoms. The highest BCUT2D eigenvalue weighted by Crippen LogP contribution is 2.19. The maximum atomic E-state index is 13.0. The molecule has 1 aromatic carbocycles. The number of hydrogen-bond donors (Lipinski definition) is 1. The zero-order chi connectivity index (χ0) is 9.14. The highest BCUT2D eigenvalue weighted by Gasteiger charge is 2.13. The lowest BCUT2D eigenvalue weighted by Crippen LogP contribution is -2.15. The predicted octanol–water partition coefficient (Wildman–Crippen LogP) is 2.25. The van der Waals surface area contributed by atoms with E-state index in [0.29, 0.717) is 0 Å². The Morgan fingerprint density at radius 1 is 1.25 bits per heavy atom. The maximum absolute atomic E-state index is 13.0. The Balaban J connectivity index is 3.12. The van der Waals surface area contributed by atoms with E-state index < -0.39 is 11.6 Å². The van der Waals surface area contributed by atoms with Crippen LogP contribution in [0.3, 0.4) is 0 Å². The lowest BCUT2D eigenvalue weighted by molar-refractivity contribution is 0.510. The molecule has 1 rings (SSSR count). The standard InChI is InChI=1S/C9H11F2N/c1-6(12-2)9-7(10)4-3-5-8(9)11/h3-6,12H,1-2H3. The van der Waals surface area contributed by atoms with Crippen LogP contribution in [0.2, 0.25) is 0 Å². The van der Waals surface area contributed by atoms with Gasteiger partial charge in [-0.05, 0) is 26.1 Å². The van der Waals surface area contributed by atoms with Crippen LogP contribution in [0.15, 0.2) is 18.2 Å². The molecule has 0 saturated heterocycles. The summed E-state index contributed by atoms with van der Waals surface area (Å²) in [4.78, 5) is 0. The van der Waals surface area contributed by atoms with E-state index in [1.54, 1.807) is 14.0 Å². The van der Waals surface area contributed by atoms with E-state index in [2.05, 4.69) is 5.32 Å². The monoisotopic (exact) mass is 171 g/mol. The molecule has 66 valence electrons. The van der Waals surface area contributed by atoms with E-state index in [1.165, 1.54) is 18.2 Å². The minimum absolute atomic E-state index is 0.0972. The molecule has 0 saturated carbocycles. The molecule has 1 atom stereocenters. The van der Waals surface area contributed by atoms with Gasteiger partial charge in [-0.15, -0.1) is 0 Å². The van der Waals surface area contributed by atoms with Crippen molar-refractivity contribution < 1.29 is 8.78 Å². The smallest absolute Gasteiger partial charge is 0.130 e. The Hall–Kier alpha value is -0.960. The number of benzene rings is 1. The lowest BCUT2D eigenvalue weighted by Gasteiger charge is -2.11. The first-order valence-electron chi connectivity index (χ1n) is 3.78. The van der Waals surface area contributed by atoms with Gasteiger partial charge in [0.25, 0.3) is 0 Å². The SMILES string of the molecule is CNC(C)c1c(F)cccc1F. The van der Waals surface area contributed by atoms with E-state index >= 15 is 0 Å². The number of halogens is 2. The molecule has 1 N–H and O–H groups in total. The first-order chi connectivity index (χ1) is 5.66. The topological polar surface area (TPSA) is 12.0 Å². The summed E-state index contributed by atoms with van der Waals surface area (Å²) in [5.41, 5.74) is 0.0972. The van der Waals surface area contributed by atoms with E-state index in [-0.39, 0.29) is 11.6 Å². The fourth-order valence-corrected chi connectivity index (χ4v) is 1.07. The molecule has 0 radical (unpaired) electrons. The summed E-state index contributed by atoms with van der Waals surface area (Å²) in [6.45, 7) is 1.71. The van der Waals surface area contributed by atoms with Crippen molar-refractivity contribution in [2.24, 2.45) is 0 Å². The summed E-state index contributed by atoms with van der Waals surface area (Å²) in [7, 11) is 1.66. The van der Waals surface area contributed by atoms with Gasteiger partial charge in [0.05, 0.1) is 0 Å². The maximum Gasteiger partial charge on any atom is 0.130 e. The molecule has 1 unspecified atom stereocenters. The van der Waals surface area contributed by atoms with Crippen LogP contribution < -0.4 is 5.32 Å². The first kappa shape index (κ1) is 9.13. The number of rotatable bonds is 2. The van der Waals surface area contributed by atoms with Crippen molar-refractivity contribution in [3.05, 3.63) is 35.4 Å². The van der Waals surface area contributed by atoms with Gasteiger partial charge in [0.2, 0.25) is 0 Å². The van der Waals surface area contributed by atoms with Gasteiger partial charge in [0, 0.05) is 11.6 Å². The average Bonchev–Trinajstić information content (AvgIpc) is 2.03. The third-order valence-corrected chi connectivity index (χ3v) is 1.87. The van der Waals surface area contributed by atoms with E-state index in [0.717, 1.165) is 0 Å². The first-order valence-corrected chi connectivity index (χ1v) is 3.78. The van der Waals surface area contributed by atoms with Gasteiger partial charge >= 0.3 is 0 Å². The van der Waals surface area contributed by atoms with Crippen LogP contribution in [0.4, 0.5) is 8.78 Å². The third-order valence-electron chi connectivity index (χ3n) is 1.87. The zero-order valence-electron chi connectivity index (χ0n) is 7.07. The number of nitrogens with one attached hydrogen (secondary N) is 1.